The molecule has 1 aliphatic rings. The summed E-state index contributed by atoms with van der Waals surface area (Å²) in [4.78, 5) is 34.7. The van der Waals surface area contributed by atoms with Gasteiger partial charge in [0.05, 0.1) is 12.0 Å². The molecule has 0 heterocycles. The van der Waals surface area contributed by atoms with E-state index in [2.05, 4.69) is 6.92 Å². The van der Waals surface area contributed by atoms with Crippen molar-refractivity contribution < 1.29 is 24.6 Å². The number of carboxylic acid groups (broad SMARTS) is 1. The van der Waals surface area contributed by atoms with E-state index in [1.165, 1.54) is 0 Å². The van der Waals surface area contributed by atoms with Gasteiger partial charge in [0.25, 0.3) is 0 Å². The Labute approximate surface area is 156 Å². The van der Waals surface area contributed by atoms with Gasteiger partial charge in [-0.3, -0.25) is 14.4 Å². The molecule has 0 radical (unpaired) electrons. The highest BCUT2D eigenvalue weighted by Gasteiger charge is 2.39. The number of hydrogen-bond acceptors (Lipinski definition) is 4. The Morgan fingerprint density at radius 1 is 1.15 bits per heavy atom. The normalized spacial score (nSPS) is 22.9. The average molecular weight is 366 g/mol. The summed E-state index contributed by atoms with van der Waals surface area (Å²) >= 11 is 0. The molecular formula is C21H34O5. The maximum atomic E-state index is 12.1. The van der Waals surface area contributed by atoms with Crippen molar-refractivity contribution in [1.82, 2.24) is 0 Å². The van der Waals surface area contributed by atoms with Crippen LogP contribution in [0.3, 0.4) is 0 Å². The summed E-state index contributed by atoms with van der Waals surface area (Å²) < 4.78 is 0. The van der Waals surface area contributed by atoms with E-state index in [1.807, 2.05) is 19.1 Å². The molecule has 26 heavy (non-hydrogen) atoms. The Hall–Kier alpha value is -1.49. The summed E-state index contributed by atoms with van der Waals surface area (Å²) in [6, 6.07) is 0. The minimum absolute atomic E-state index is 0.0182. The van der Waals surface area contributed by atoms with Crippen LogP contribution in [-0.2, 0) is 14.4 Å². The number of carboxylic acids is 1. The second-order valence-electron chi connectivity index (χ2n) is 7.82. The molecule has 1 aliphatic carbocycles. The molecule has 0 aromatic heterocycles. The first-order valence-corrected chi connectivity index (χ1v) is 9.93. The molecule has 0 bridgehead atoms. The standard InChI is InChI=1S/C21H34O5/c1-3-4-13-21(2,26)14-9-11-17-16(18(22)15-19(17)23)10-7-5-6-8-12-20(24)25/h9,11,16-17,26H,3-8,10,12-15H2,1-2H3,(H,24,25)/b11-9+/t16-,17-,21?/m1/s1. The van der Waals surface area contributed by atoms with E-state index in [4.69, 9.17) is 5.11 Å². The van der Waals surface area contributed by atoms with Gasteiger partial charge in [-0.05, 0) is 32.6 Å². The van der Waals surface area contributed by atoms with E-state index >= 15 is 0 Å². The summed E-state index contributed by atoms with van der Waals surface area (Å²) in [6.45, 7) is 3.89. The van der Waals surface area contributed by atoms with Crippen LogP contribution in [0.25, 0.3) is 0 Å². The number of aliphatic hydroxyl groups is 1. The van der Waals surface area contributed by atoms with Crippen molar-refractivity contribution in [1.29, 1.82) is 0 Å². The van der Waals surface area contributed by atoms with Crippen LogP contribution in [0.1, 0.15) is 84.5 Å². The van der Waals surface area contributed by atoms with Gasteiger partial charge in [0.1, 0.15) is 11.6 Å². The Morgan fingerprint density at radius 2 is 1.85 bits per heavy atom. The Kier molecular flexibility index (Phi) is 9.78. The third-order valence-corrected chi connectivity index (χ3v) is 5.19. The second kappa shape index (κ2) is 11.3. The predicted octanol–water partition coefficient (Wildman–Crippen LogP) is 4.07. The fourth-order valence-electron chi connectivity index (χ4n) is 3.55. The van der Waals surface area contributed by atoms with Crippen LogP contribution in [0.15, 0.2) is 12.2 Å². The number of ketones is 2. The predicted molar refractivity (Wildman–Crippen MR) is 101 cm³/mol. The first kappa shape index (κ1) is 22.6. The summed E-state index contributed by atoms with van der Waals surface area (Å²) in [7, 11) is 0. The molecule has 5 nitrogen and oxygen atoms in total. The number of unbranched alkanes of at least 4 members (excludes halogenated alkanes) is 4. The lowest BCUT2D eigenvalue weighted by Crippen LogP contribution is -2.23. The summed E-state index contributed by atoms with van der Waals surface area (Å²) in [5, 5.41) is 18.9. The van der Waals surface area contributed by atoms with E-state index < -0.39 is 11.6 Å². The third-order valence-electron chi connectivity index (χ3n) is 5.19. The quantitative estimate of drug-likeness (QED) is 0.291. The van der Waals surface area contributed by atoms with Crippen molar-refractivity contribution in [2.45, 2.75) is 90.1 Å². The zero-order valence-corrected chi connectivity index (χ0v) is 16.2. The minimum atomic E-state index is -0.776. The Morgan fingerprint density at radius 3 is 2.50 bits per heavy atom. The van der Waals surface area contributed by atoms with Gasteiger partial charge < -0.3 is 10.2 Å². The van der Waals surface area contributed by atoms with Crippen LogP contribution in [0.5, 0.6) is 0 Å². The van der Waals surface area contributed by atoms with Crippen LogP contribution in [0.2, 0.25) is 0 Å². The fourth-order valence-corrected chi connectivity index (χ4v) is 3.55. The molecule has 1 rings (SSSR count). The lowest BCUT2D eigenvalue weighted by molar-refractivity contribution is -0.137. The van der Waals surface area contributed by atoms with Crippen molar-refractivity contribution in [3.05, 3.63) is 12.2 Å². The maximum Gasteiger partial charge on any atom is 0.303 e. The van der Waals surface area contributed by atoms with Crippen molar-refractivity contribution in [3.63, 3.8) is 0 Å². The van der Waals surface area contributed by atoms with Crippen molar-refractivity contribution in [2.75, 3.05) is 0 Å². The van der Waals surface area contributed by atoms with Gasteiger partial charge in [-0.1, -0.05) is 51.2 Å². The molecule has 3 atom stereocenters. The number of allylic oxidation sites excluding steroid dienone is 1. The van der Waals surface area contributed by atoms with E-state index in [0.717, 1.165) is 38.5 Å². The largest absolute Gasteiger partial charge is 0.481 e. The highest BCUT2D eigenvalue weighted by Crippen LogP contribution is 2.32. The van der Waals surface area contributed by atoms with E-state index in [0.29, 0.717) is 19.3 Å². The monoisotopic (exact) mass is 366 g/mol. The number of Topliss-reactive ketones (excluding diaryl/α,β-unsaturated/α-hetero) is 2. The molecule has 0 spiro atoms. The van der Waals surface area contributed by atoms with Crippen LogP contribution in [0, 0.1) is 11.8 Å². The lowest BCUT2D eigenvalue weighted by atomic mass is 9.88. The summed E-state index contributed by atoms with van der Waals surface area (Å²) in [5.41, 5.74) is -0.766. The molecule has 148 valence electrons. The summed E-state index contributed by atoms with van der Waals surface area (Å²) in [6.07, 6.45) is 11.0. The Bertz CT molecular complexity index is 507. The molecule has 2 N–H and O–H groups in total. The molecule has 0 aliphatic heterocycles. The number of carbonyl (C=O) groups excluding carboxylic acids is 2. The smallest absolute Gasteiger partial charge is 0.303 e. The van der Waals surface area contributed by atoms with Gasteiger partial charge in [-0.25, -0.2) is 0 Å². The molecule has 0 aromatic rings. The van der Waals surface area contributed by atoms with Gasteiger partial charge in [0, 0.05) is 18.3 Å². The van der Waals surface area contributed by atoms with Gasteiger partial charge in [0.15, 0.2) is 0 Å². The zero-order chi connectivity index (χ0) is 19.6. The minimum Gasteiger partial charge on any atom is -0.481 e. The van der Waals surface area contributed by atoms with Crippen LogP contribution >= 0.6 is 0 Å². The maximum absolute atomic E-state index is 12.1. The SMILES string of the molecule is CCCCC(C)(O)C/C=C/[C@H]1C(=O)CC(=O)[C@@H]1CCCCCCC(=O)O. The number of carbonyl (C=O) groups is 3. The van der Waals surface area contributed by atoms with Gasteiger partial charge in [-0.15, -0.1) is 0 Å². The Balaban J connectivity index is 2.46. The first-order chi connectivity index (χ1) is 12.3. The molecule has 1 fully saturated rings. The number of rotatable bonds is 13. The molecule has 1 unspecified atom stereocenters. The van der Waals surface area contributed by atoms with Gasteiger partial charge in [0.2, 0.25) is 0 Å². The van der Waals surface area contributed by atoms with Crippen molar-refractivity contribution in [2.24, 2.45) is 11.8 Å². The topological polar surface area (TPSA) is 91.7 Å². The van der Waals surface area contributed by atoms with Crippen LogP contribution in [-0.4, -0.2) is 33.3 Å². The van der Waals surface area contributed by atoms with E-state index in [1.54, 1.807) is 0 Å². The number of hydrogen-bond donors (Lipinski definition) is 2. The molecule has 0 saturated heterocycles. The molecule has 0 amide bonds. The van der Waals surface area contributed by atoms with Gasteiger partial charge in [-0.2, -0.15) is 0 Å². The van der Waals surface area contributed by atoms with Crippen LogP contribution < -0.4 is 0 Å². The summed E-state index contributed by atoms with van der Waals surface area (Å²) in [5.74, 6) is -1.38. The third kappa shape index (κ3) is 8.26. The van der Waals surface area contributed by atoms with Crippen molar-refractivity contribution >= 4 is 17.5 Å². The highest BCUT2D eigenvalue weighted by molar-refractivity contribution is 6.09. The molecule has 0 aromatic carbocycles. The zero-order valence-electron chi connectivity index (χ0n) is 16.2. The molecule has 1 saturated carbocycles. The van der Waals surface area contributed by atoms with Crippen molar-refractivity contribution in [3.8, 4) is 0 Å². The molecule has 5 heteroatoms. The van der Waals surface area contributed by atoms with Crippen LogP contribution in [0.4, 0.5) is 0 Å². The fraction of sp³-hybridized carbons (Fsp3) is 0.762. The van der Waals surface area contributed by atoms with Gasteiger partial charge >= 0.3 is 5.97 Å². The number of aliphatic carboxylic acids is 1. The lowest BCUT2D eigenvalue weighted by Gasteiger charge is -2.21. The average Bonchev–Trinajstić information content (AvgIpc) is 2.82. The molecular weight excluding hydrogens is 332 g/mol. The second-order valence-corrected chi connectivity index (χ2v) is 7.82. The first-order valence-electron chi connectivity index (χ1n) is 9.93. The van der Waals surface area contributed by atoms with E-state index in [-0.39, 0.29) is 36.2 Å². The highest BCUT2D eigenvalue weighted by atomic mass is 16.4. The van der Waals surface area contributed by atoms with E-state index in [9.17, 15) is 19.5 Å².